The number of amides is 1. The molecule has 1 aliphatic rings. The smallest absolute Gasteiger partial charge is 0.271 e. The van der Waals surface area contributed by atoms with Crippen molar-refractivity contribution in [2.75, 3.05) is 13.1 Å². The summed E-state index contributed by atoms with van der Waals surface area (Å²) in [5, 5.41) is 8.55. The van der Waals surface area contributed by atoms with Crippen molar-refractivity contribution in [2.45, 2.75) is 25.4 Å². The van der Waals surface area contributed by atoms with Crippen LogP contribution in [0.3, 0.4) is 0 Å². The number of piperidine rings is 1. The Morgan fingerprint density at radius 2 is 2.04 bits per heavy atom. The van der Waals surface area contributed by atoms with Crippen LogP contribution in [0, 0.1) is 0 Å². The second-order valence-electron chi connectivity index (χ2n) is 6.13. The van der Waals surface area contributed by atoms with Crippen LogP contribution in [0.5, 0.6) is 0 Å². The van der Waals surface area contributed by atoms with Crippen LogP contribution in [0.15, 0.2) is 30.5 Å². The van der Waals surface area contributed by atoms with E-state index < -0.39 is 0 Å². The van der Waals surface area contributed by atoms with Gasteiger partial charge in [0.1, 0.15) is 5.69 Å². The van der Waals surface area contributed by atoms with Crippen LogP contribution >= 0.6 is 23.2 Å². The molecule has 0 aliphatic carbocycles. The fraction of sp³-hybridized carbons (Fsp3) is 0.412. The van der Waals surface area contributed by atoms with Crippen LogP contribution in [0.4, 0.5) is 0 Å². The summed E-state index contributed by atoms with van der Waals surface area (Å²) < 4.78 is 1.63. The van der Waals surface area contributed by atoms with Crippen LogP contribution in [0.25, 0.3) is 0 Å². The predicted octanol–water partition coefficient (Wildman–Crippen LogP) is 3.12. The normalized spacial score (nSPS) is 16.3. The Bertz CT molecular complexity index is 723. The van der Waals surface area contributed by atoms with Crippen LogP contribution in [0.2, 0.25) is 10.0 Å². The molecule has 128 valence electrons. The first-order valence-corrected chi connectivity index (χ1v) is 8.73. The number of rotatable bonds is 4. The molecule has 0 bridgehead atoms. The van der Waals surface area contributed by atoms with Crippen LogP contribution in [0.1, 0.15) is 28.9 Å². The molecule has 5 nitrogen and oxygen atoms in total. The average Bonchev–Trinajstić information content (AvgIpc) is 2.98. The van der Waals surface area contributed by atoms with E-state index in [1.165, 1.54) is 0 Å². The first-order valence-electron chi connectivity index (χ1n) is 7.98. The standard InChI is InChI=1S/C17H20Cl2N4O/c1-22-7-6-16(21-22)17(24)20-14-4-8-23(9-5-14)11-12-2-3-13(18)10-15(12)19/h2-3,6-7,10,14H,4-5,8-9,11H2,1H3,(H,20,24). The maximum Gasteiger partial charge on any atom is 0.271 e. The van der Waals surface area contributed by atoms with E-state index in [1.807, 2.05) is 12.1 Å². The average molecular weight is 367 g/mol. The first kappa shape index (κ1) is 17.3. The molecule has 1 fully saturated rings. The summed E-state index contributed by atoms with van der Waals surface area (Å²) in [5.41, 5.74) is 1.55. The quantitative estimate of drug-likeness (QED) is 0.904. The Kier molecular flexibility index (Phi) is 5.43. The summed E-state index contributed by atoms with van der Waals surface area (Å²) in [6.45, 7) is 2.65. The van der Waals surface area contributed by atoms with Gasteiger partial charge >= 0.3 is 0 Å². The minimum atomic E-state index is -0.102. The van der Waals surface area contributed by atoms with Gasteiger partial charge in [0.2, 0.25) is 0 Å². The van der Waals surface area contributed by atoms with Gasteiger partial charge in [0.15, 0.2) is 0 Å². The Morgan fingerprint density at radius 3 is 2.67 bits per heavy atom. The number of aryl methyl sites for hydroxylation is 1. The fourth-order valence-electron chi connectivity index (χ4n) is 2.92. The van der Waals surface area contributed by atoms with Gasteiger partial charge < -0.3 is 5.32 Å². The van der Waals surface area contributed by atoms with Crippen molar-refractivity contribution in [3.8, 4) is 0 Å². The molecule has 0 atom stereocenters. The lowest BCUT2D eigenvalue weighted by molar-refractivity contribution is 0.0903. The van der Waals surface area contributed by atoms with Crippen molar-refractivity contribution in [3.05, 3.63) is 51.8 Å². The zero-order valence-corrected chi connectivity index (χ0v) is 15.0. The monoisotopic (exact) mass is 366 g/mol. The lowest BCUT2D eigenvalue weighted by Gasteiger charge is -2.32. The number of halogens is 2. The van der Waals surface area contributed by atoms with Crippen molar-refractivity contribution in [1.82, 2.24) is 20.0 Å². The van der Waals surface area contributed by atoms with Crippen LogP contribution in [-0.2, 0) is 13.6 Å². The number of likely N-dealkylation sites (tertiary alicyclic amines) is 1. The summed E-state index contributed by atoms with van der Waals surface area (Å²) in [5.74, 6) is -0.102. The molecule has 0 unspecified atom stereocenters. The third-order valence-corrected chi connectivity index (χ3v) is 4.87. The number of nitrogens with one attached hydrogen (secondary N) is 1. The maximum atomic E-state index is 12.1. The molecular weight excluding hydrogens is 347 g/mol. The molecule has 1 aliphatic heterocycles. The molecule has 7 heteroatoms. The summed E-state index contributed by atoms with van der Waals surface area (Å²) in [6.07, 6.45) is 3.61. The molecule has 2 heterocycles. The van der Waals surface area contributed by atoms with Crippen molar-refractivity contribution >= 4 is 29.1 Å². The Balaban J connectivity index is 1.49. The molecule has 0 saturated carbocycles. The second kappa shape index (κ2) is 7.55. The number of hydrogen-bond donors (Lipinski definition) is 1. The topological polar surface area (TPSA) is 50.2 Å². The number of aromatic nitrogens is 2. The lowest BCUT2D eigenvalue weighted by atomic mass is 10.0. The molecule has 0 radical (unpaired) electrons. The van der Waals surface area contributed by atoms with Gasteiger partial charge in [-0.1, -0.05) is 29.3 Å². The van der Waals surface area contributed by atoms with E-state index in [-0.39, 0.29) is 11.9 Å². The summed E-state index contributed by atoms with van der Waals surface area (Å²) in [7, 11) is 1.80. The van der Waals surface area contributed by atoms with Crippen molar-refractivity contribution in [1.29, 1.82) is 0 Å². The zero-order valence-electron chi connectivity index (χ0n) is 13.5. The highest BCUT2D eigenvalue weighted by molar-refractivity contribution is 6.35. The number of benzene rings is 1. The van der Waals surface area contributed by atoms with E-state index in [2.05, 4.69) is 15.3 Å². The van der Waals surface area contributed by atoms with Gasteiger partial charge in [0, 0.05) is 49.0 Å². The molecular formula is C17H20Cl2N4O. The van der Waals surface area contributed by atoms with Gasteiger partial charge in [-0.05, 0) is 36.6 Å². The highest BCUT2D eigenvalue weighted by atomic mass is 35.5. The van der Waals surface area contributed by atoms with Gasteiger partial charge in [0.25, 0.3) is 5.91 Å². The highest BCUT2D eigenvalue weighted by Crippen LogP contribution is 2.23. The van der Waals surface area contributed by atoms with Crippen LogP contribution in [-0.4, -0.2) is 39.7 Å². The van der Waals surface area contributed by atoms with E-state index >= 15 is 0 Å². The summed E-state index contributed by atoms with van der Waals surface area (Å²) >= 11 is 12.2. The van der Waals surface area contributed by atoms with Gasteiger partial charge in [-0.25, -0.2) is 0 Å². The van der Waals surface area contributed by atoms with E-state index in [9.17, 15) is 4.79 Å². The summed E-state index contributed by atoms with van der Waals surface area (Å²) in [6, 6.07) is 7.53. The van der Waals surface area contributed by atoms with Crippen molar-refractivity contribution in [3.63, 3.8) is 0 Å². The van der Waals surface area contributed by atoms with Gasteiger partial charge in [-0.3, -0.25) is 14.4 Å². The van der Waals surface area contributed by atoms with Gasteiger partial charge in [-0.15, -0.1) is 0 Å². The molecule has 1 aromatic carbocycles. The molecule has 1 N–H and O–H groups in total. The van der Waals surface area contributed by atoms with Crippen LogP contribution < -0.4 is 5.32 Å². The fourth-order valence-corrected chi connectivity index (χ4v) is 3.39. The van der Waals surface area contributed by atoms with Crippen molar-refractivity contribution in [2.24, 2.45) is 7.05 Å². The molecule has 1 saturated heterocycles. The number of carbonyl (C=O) groups excluding carboxylic acids is 1. The SMILES string of the molecule is Cn1ccc(C(=O)NC2CCN(Cc3ccc(Cl)cc3Cl)CC2)n1. The molecule has 0 spiro atoms. The first-order chi connectivity index (χ1) is 11.5. The molecule has 24 heavy (non-hydrogen) atoms. The number of nitrogens with zero attached hydrogens (tertiary/aromatic N) is 3. The summed E-state index contributed by atoms with van der Waals surface area (Å²) in [4.78, 5) is 14.5. The molecule has 1 aromatic heterocycles. The van der Waals surface area contributed by atoms with E-state index in [0.29, 0.717) is 15.7 Å². The van der Waals surface area contributed by atoms with E-state index in [0.717, 1.165) is 38.0 Å². The Labute approximate surface area is 151 Å². The minimum Gasteiger partial charge on any atom is -0.348 e. The van der Waals surface area contributed by atoms with E-state index in [1.54, 1.807) is 30.1 Å². The molecule has 1 amide bonds. The number of carbonyl (C=O) groups is 1. The Hall–Kier alpha value is -1.56. The second-order valence-corrected chi connectivity index (χ2v) is 6.98. The molecule has 3 rings (SSSR count). The molecule has 2 aromatic rings. The highest BCUT2D eigenvalue weighted by Gasteiger charge is 2.22. The third-order valence-electron chi connectivity index (χ3n) is 4.28. The Morgan fingerprint density at radius 1 is 1.29 bits per heavy atom. The minimum absolute atomic E-state index is 0.102. The van der Waals surface area contributed by atoms with E-state index in [4.69, 9.17) is 23.2 Å². The lowest BCUT2D eigenvalue weighted by Crippen LogP contribution is -2.44. The number of hydrogen-bond acceptors (Lipinski definition) is 3. The van der Waals surface area contributed by atoms with Gasteiger partial charge in [0.05, 0.1) is 0 Å². The largest absolute Gasteiger partial charge is 0.348 e. The third kappa shape index (κ3) is 4.29. The zero-order chi connectivity index (χ0) is 17.1. The van der Waals surface area contributed by atoms with Crippen molar-refractivity contribution < 1.29 is 4.79 Å². The van der Waals surface area contributed by atoms with Gasteiger partial charge in [-0.2, -0.15) is 5.10 Å². The predicted molar refractivity (Wildman–Crippen MR) is 95.4 cm³/mol. The maximum absolute atomic E-state index is 12.1.